The summed E-state index contributed by atoms with van der Waals surface area (Å²) < 4.78 is 37.0. The quantitative estimate of drug-likeness (QED) is 0.345. The number of hydrogen-bond acceptors (Lipinski definition) is 7. The fourth-order valence-electron chi connectivity index (χ4n) is 4.48. The number of ether oxygens (including phenoxy) is 2. The van der Waals surface area contributed by atoms with E-state index in [9.17, 15) is 18.0 Å². The first-order valence-electron chi connectivity index (χ1n) is 11.9. The Labute approximate surface area is 227 Å². The van der Waals surface area contributed by atoms with Crippen molar-refractivity contribution in [1.29, 1.82) is 0 Å². The summed E-state index contributed by atoms with van der Waals surface area (Å²) in [6.07, 6.45) is 1.02. The standard InChI is InChI=1S/C28H30N4O6S/c1-28(2,27(29)34)32(39(5,35)36)19-13-11-18(12-14-19)30-25(17-9-7-6-8-10-17)24-20-15-22(37-3)23(38-4)16-21(20)31-26(24)33/h6-16,30H,1-5H3,(H2,29,34)(H,31,33)/b25-24-. The van der Waals surface area contributed by atoms with Crippen LogP contribution in [0.2, 0.25) is 0 Å². The van der Waals surface area contributed by atoms with Gasteiger partial charge in [-0.25, -0.2) is 8.42 Å². The lowest BCUT2D eigenvalue weighted by atomic mass is 9.99. The number of nitrogens with zero attached hydrogens (tertiary/aromatic N) is 1. The Bertz CT molecular complexity index is 1570. The van der Waals surface area contributed by atoms with E-state index in [2.05, 4.69) is 10.6 Å². The zero-order chi connectivity index (χ0) is 28.5. The van der Waals surface area contributed by atoms with Gasteiger partial charge in [0.05, 0.1) is 43.1 Å². The van der Waals surface area contributed by atoms with Gasteiger partial charge < -0.3 is 25.8 Å². The summed E-state index contributed by atoms with van der Waals surface area (Å²) in [5.74, 6) is -0.143. The second-order valence-electron chi connectivity index (χ2n) is 9.45. The maximum absolute atomic E-state index is 13.3. The van der Waals surface area contributed by atoms with Gasteiger partial charge >= 0.3 is 0 Å². The average molecular weight is 551 g/mol. The minimum absolute atomic E-state index is 0.265. The number of primary amides is 1. The first-order valence-corrected chi connectivity index (χ1v) is 13.8. The van der Waals surface area contributed by atoms with Gasteiger partial charge in [-0.15, -0.1) is 0 Å². The molecule has 3 aromatic rings. The van der Waals surface area contributed by atoms with Crippen LogP contribution >= 0.6 is 0 Å². The van der Waals surface area contributed by atoms with Crippen LogP contribution in [0.15, 0.2) is 66.7 Å². The van der Waals surface area contributed by atoms with E-state index in [1.807, 2.05) is 30.3 Å². The van der Waals surface area contributed by atoms with Crippen LogP contribution in [-0.4, -0.2) is 46.2 Å². The summed E-state index contributed by atoms with van der Waals surface area (Å²) in [6, 6.07) is 19.2. The van der Waals surface area contributed by atoms with Crippen molar-refractivity contribution in [3.8, 4) is 11.5 Å². The van der Waals surface area contributed by atoms with E-state index in [4.69, 9.17) is 15.2 Å². The highest BCUT2D eigenvalue weighted by atomic mass is 32.2. The molecule has 0 radical (unpaired) electrons. The van der Waals surface area contributed by atoms with Gasteiger partial charge in [-0.05, 0) is 49.7 Å². The second-order valence-corrected chi connectivity index (χ2v) is 11.3. The first kappa shape index (κ1) is 27.5. The SMILES string of the molecule is COc1cc2c(cc1OC)/C(=C(/Nc1ccc(N(C(C)(C)C(N)=O)S(C)(=O)=O)cc1)c1ccccc1)C(=O)N2. The van der Waals surface area contributed by atoms with Crippen LogP contribution in [-0.2, 0) is 19.6 Å². The van der Waals surface area contributed by atoms with E-state index in [-0.39, 0.29) is 11.6 Å². The number of nitrogens with one attached hydrogen (secondary N) is 2. The molecule has 4 N–H and O–H groups in total. The highest BCUT2D eigenvalue weighted by molar-refractivity contribution is 7.92. The monoisotopic (exact) mass is 550 g/mol. The molecule has 0 aliphatic carbocycles. The van der Waals surface area contributed by atoms with E-state index >= 15 is 0 Å². The van der Waals surface area contributed by atoms with Gasteiger partial charge in [-0.3, -0.25) is 13.9 Å². The van der Waals surface area contributed by atoms with Gasteiger partial charge in [0, 0.05) is 17.3 Å². The van der Waals surface area contributed by atoms with Crippen molar-refractivity contribution in [3.05, 3.63) is 77.9 Å². The molecule has 39 heavy (non-hydrogen) atoms. The van der Waals surface area contributed by atoms with E-state index < -0.39 is 21.5 Å². The summed E-state index contributed by atoms with van der Waals surface area (Å²) >= 11 is 0. The van der Waals surface area contributed by atoms with Crippen LogP contribution in [0.5, 0.6) is 11.5 Å². The van der Waals surface area contributed by atoms with Gasteiger partial charge in [-0.1, -0.05) is 30.3 Å². The lowest BCUT2D eigenvalue weighted by Crippen LogP contribution is -2.55. The van der Waals surface area contributed by atoms with E-state index in [1.54, 1.807) is 36.4 Å². The molecule has 0 atom stereocenters. The summed E-state index contributed by atoms with van der Waals surface area (Å²) in [5.41, 5.74) is 7.75. The molecule has 0 saturated heterocycles. The van der Waals surface area contributed by atoms with Crippen LogP contribution < -0.4 is 30.1 Å². The Hall–Kier alpha value is -4.51. The molecule has 0 unspecified atom stereocenters. The number of methoxy groups -OCH3 is 2. The van der Waals surface area contributed by atoms with Crippen LogP contribution in [0.4, 0.5) is 17.1 Å². The molecule has 0 bridgehead atoms. The summed E-state index contributed by atoms with van der Waals surface area (Å²) in [7, 11) is -0.793. The second kappa shape index (κ2) is 10.3. The smallest absolute Gasteiger partial charge is 0.258 e. The minimum Gasteiger partial charge on any atom is -0.493 e. The Morgan fingerprint density at radius 2 is 1.56 bits per heavy atom. The normalized spacial score (nSPS) is 14.2. The molecule has 3 aromatic carbocycles. The number of hydrogen-bond donors (Lipinski definition) is 3. The highest BCUT2D eigenvalue weighted by Gasteiger charge is 2.39. The third-order valence-corrected chi connectivity index (χ3v) is 7.72. The van der Waals surface area contributed by atoms with Crippen molar-refractivity contribution in [2.75, 3.05) is 35.4 Å². The van der Waals surface area contributed by atoms with Crippen LogP contribution in [0.3, 0.4) is 0 Å². The fraction of sp³-hybridized carbons (Fsp3) is 0.214. The zero-order valence-electron chi connectivity index (χ0n) is 22.2. The third kappa shape index (κ3) is 5.26. The van der Waals surface area contributed by atoms with Crippen molar-refractivity contribution < 1.29 is 27.5 Å². The Morgan fingerprint density at radius 3 is 2.10 bits per heavy atom. The Morgan fingerprint density at radius 1 is 0.974 bits per heavy atom. The number of amides is 2. The number of rotatable bonds is 9. The average Bonchev–Trinajstić information content (AvgIpc) is 3.21. The van der Waals surface area contributed by atoms with Crippen LogP contribution in [0, 0.1) is 0 Å². The van der Waals surface area contributed by atoms with E-state index in [0.29, 0.717) is 39.7 Å². The molecule has 4 rings (SSSR count). The van der Waals surface area contributed by atoms with Crippen molar-refractivity contribution in [2.24, 2.45) is 5.73 Å². The molecular formula is C28H30N4O6S. The van der Waals surface area contributed by atoms with E-state index in [1.165, 1.54) is 28.1 Å². The third-order valence-electron chi connectivity index (χ3n) is 6.39. The number of anilines is 3. The zero-order valence-corrected chi connectivity index (χ0v) is 23.0. The van der Waals surface area contributed by atoms with Crippen LogP contribution in [0.25, 0.3) is 11.3 Å². The molecule has 10 nitrogen and oxygen atoms in total. The number of sulfonamides is 1. The molecule has 204 valence electrons. The van der Waals surface area contributed by atoms with Gasteiger partial charge in [0.25, 0.3) is 5.91 Å². The molecule has 0 aromatic heterocycles. The molecule has 11 heteroatoms. The maximum Gasteiger partial charge on any atom is 0.258 e. The van der Waals surface area contributed by atoms with Crippen molar-refractivity contribution in [3.63, 3.8) is 0 Å². The first-order chi connectivity index (χ1) is 18.4. The van der Waals surface area contributed by atoms with Crippen molar-refractivity contribution >= 4 is 50.2 Å². The number of carbonyl (C=O) groups is 2. The van der Waals surface area contributed by atoms with Gasteiger partial charge in [0.2, 0.25) is 15.9 Å². The maximum atomic E-state index is 13.3. The Balaban J connectivity index is 1.82. The summed E-state index contributed by atoms with van der Waals surface area (Å²) in [5, 5.41) is 6.22. The minimum atomic E-state index is -3.84. The van der Waals surface area contributed by atoms with Gasteiger partial charge in [-0.2, -0.15) is 0 Å². The molecule has 0 spiro atoms. The van der Waals surface area contributed by atoms with Crippen molar-refractivity contribution in [2.45, 2.75) is 19.4 Å². The molecule has 1 aliphatic heterocycles. The molecule has 2 amide bonds. The number of benzene rings is 3. The van der Waals surface area contributed by atoms with Gasteiger partial charge in [0.15, 0.2) is 11.5 Å². The molecule has 1 aliphatic rings. The van der Waals surface area contributed by atoms with E-state index in [0.717, 1.165) is 16.1 Å². The Kier molecular flexibility index (Phi) is 7.29. The lowest BCUT2D eigenvalue weighted by Gasteiger charge is -2.35. The predicted molar refractivity (Wildman–Crippen MR) is 152 cm³/mol. The molecule has 1 heterocycles. The highest BCUT2D eigenvalue weighted by Crippen LogP contribution is 2.43. The molecule has 0 fully saturated rings. The molecule has 0 saturated carbocycles. The lowest BCUT2D eigenvalue weighted by molar-refractivity contribution is -0.121. The largest absolute Gasteiger partial charge is 0.493 e. The summed E-state index contributed by atoms with van der Waals surface area (Å²) in [4.78, 5) is 25.3. The summed E-state index contributed by atoms with van der Waals surface area (Å²) in [6.45, 7) is 2.89. The van der Waals surface area contributed by atoms with Crippen molar-refractivity contribution in [1.82, 2.24) is 0 Å². The van der Waals surface area contributed by atoms with Gasteiger partial charge in [0.1, 0.15) is 5.54 Å². The predicted octanol–water partition coefficient (Wildman–Crippen LogP) is 3.67. The van der Waals surface area contributed by atoms with Crippen LogP contribution in [0.1, 0.15) is 25.0 Å². The molecular weight excluding hydrogens is 520 g/mol. The number of fused-ring (bicyclic) bond motifs is 1. The topological polar surface area (TPSA) is 140 Å². The number of nitrogens with two attached hydrogens (primary N) is 1. The number of carbonyl (C=O) groups excluding carboxylic acids is 2. The fourth-order valence-corrected chi connectivity index (χ4v) is 5.91.